The summed E-state index contributed by atoms with van der Waals surface area (Å²) in [7, 11) is 0. The fourth-order valence-electron chi connectivity index (χ4n) is 1.44. The van der Waals surface area contributed by atoms with Gasteiger partial charge in [-0.05, 0) is 18.6 Å². The molecule has 2 N–H and O–H groups in total. The van der Waals surface area contributed by atoms with Gasteiger partial charge in [-0.1, -0.05) is 15.9 Å². The molecule has 18 heavy (non-hydrogen) atoms. The first-order valence-corrected chi connectivity index (χ1v) is 6.39. The molecule has 0 fully saturated rings. The predicted octanol–water partition coefficient (Wildman–Crippen LogP) is 2.60. The highest BCUT2D eigenvalue weighted by Crippen LogP contribution is 2.27. The van der Waals surface area contributed by atoms with Crippen LogP contribution in [-0.2, 0) is 21.3 Å². The molecule has 0 spiro atoms. The summed E-state index contributed by atoms with van der Waals surface area (Å²) in [6.07, 6.45) is -2.82. The Bertz CT molecular complexity index is 441. The Morgan fingerprint density at radius 1 is 1.61 bits per heavy atom. The van der Waals surface area contributed by atoms with Crippen molar-refractivity contribution in [3.63, 3.8) is 0 Å². The predicted molar refractivity (Wildman–Crippen MR) is 66.6 cm³/mol. The van der Waals surface area contributed by atoms with Gasteiger partial charge in [-0.15, -0.1) is 0 Å². The van der Waals surface area contributed by atoms with Gasteiger partial charge in [0.2, 0.25) is 0 Å². The number of alkyl halides is 3. The van der Waals surface area contributed by atoms with Gasteiger partial charge in [0.15, 0.2) is 0 Å². The molecule has 0 aromatic carbocycles. The van der Waals surface area contributed by atoms with E-state index in [1.807, 2.05) is 0 Å². The third kappa shape index (κ3) is 3.63. The minimum absolute atomic E-state index is 0.0955. The smallest absolute Gasteiger partial charge is 0.310 e. The van der Waals surface area contributed by atoms with Crippen LogP contribution in [0.5, 0.6) is 0 Å². The van der Waals surface area contributed by atoms with Gasteiger partial charge in [-0.2, -0.15) is 0 Å². The normalized spacial score (nSPS) is 10.7. The van der Waals surface area contributed by atoms with Crippen LogP contribution in [0.1, 0.15) is 30.2 Å². The Morgan fingerprint density at radius 2 is 2.28 bits per heavy atom. The minimum Gasteiger partial charge on any atom is -0.466 e. The summed E-state index contributed by atoms with van der Waals surface area (Å²) in [6.45, 7) is 1.92. The van der Waals surface area contributed by atoms with Crippen molar-refractivity contribution >= 4 is 27.7 Å². The van der Waals surface area contributed by atoms with E-state index in [-0.39, 0.29) is 24.4 Å². The van der Waals surface area contributed by atoms with E-state index < -0.39 is 12.4 Å². The second-order valence-corrected chi connectivity index (χ2v) is 4.05. The first kappa shape index (κ1) is 14.8. The van der Waals surface area contributed by atoms with Gasteiger partial charge in [0.25, 0.3) is 6.43 Å². The van der Waals surface area contributed by atoms with Gasteiger partial charge in [-0.3, -0.25) is 4.79 Å². The average Bonchev–Trinajstić information content (AvgIpc) is 2.30. The van der Waals surface area contributed by atoms with Crippen molar-refractivity contribution in [3.8, 4) is 0 Å². The zero-order valence-electron chi connectivity index (χ0n) is 9.75. The van der Waals surface area contributed by atoms with Gasteiger partial charge in [0, 0.05) is 5.33 Å². The second kappa shape index (κ2) is 6.63. The number of hydrogen-bond donors (Lipinski definition) is 1. The number of nitrogens with zero attached hydrogens (tertiary/aromatic N) is 1. The zero-order valence-corrected chi connectivity index (χ0v) is 11.3. The average molecular weight is 323 g/mol. The number of aromatic nitrogens is 1. The maximum absolute atomic E-state index is 12.7. The summed E-state index contributed by atoms with van der Waals surface area (Å²) >= 11 is 3.18. The van der Waals surface area contributed by atoms with Crippen LogP contribution in [0.25, 0.3) is 0 Å². The zero-order chi connectivity index (χ0) is 13.7. The largest absolute Gasteiger partial charge is 0.466 e. The van der Waals surface area contributed by atoms with Crippen LogP contribution in [-0.4, -0.2) is 17.6 Å². The van der Waals surface area contributed by atoms with Gasteiger partial charge < -0.3 is 10.5 Å². The third-order valence-corrected chi connectivity index (χ3v) is 2.78. The van der Waals surface area contributed by atoms with E-state index in [2.05, 4.69) is 20.9 Å². The van der Waals surface area contributed by atoms with E-state index in [4.69, 9.17) is 10.5 Å². The fraction of sp³-hybridized carbons (Fsp3) is 0.455. The molecular formula is C11H13BrF2N2O2. The molecule has 1 rings (SSSR count). The lowest BCUT2D eigenvalue weighted by molar-refractivity contribution is -0.142. The van der Waals surface area contributed by atoms with Gasteiger partial charge in [0.1, 0.15) is 5.82 Å². The summed E-state index contributed by atoms with van der Waals surface area (Å²) in [5.74, 6) is -0.696. The van der Waals surface area contributed by atoms with Crippen LogP contribution >= 0.6 is 15.9 Å². The van der Waals surface area contributed by atoms with Crippen molar-refractivity contribution in [2.45, 2.75) is 25.1 Å². The Morgan fingerprint density at radius 3 is 2.78 bits per heavy atom. The summed E-state index contributed by atoms with van der Waals surface area (Å²) in [5.41, 5.74) is 5.93. The van der Waals surface area contributed by atoms with Crippen molar-refractivity contribution in [3.05, 3.63) is 22.9 Å². The second-order valence-electron chi connectivity index (χ2n) is 3.48. The maximum Gasteiger partial charge on any atom is 0.310 e. The lowest BCUT2D eigenvalue weighted by Crippen LogP contribution is -2.12. The van der Waals surface area contributed by atoms with E-state index in [1.54, 1.807) is 6.92 Å². The highest BCUT2D eigenvalue weighted by Gasteiger charge is 2.18. The molecule has 0 aliphatic rings. The molecule has 0 aliphatic heterocycles. The number of carbonyl (C=O) groups excluding carboxylic acids is 1. The van der Waals surface area contributed by atoms with Crippen molar-refractivity contribution in [1.82, 2.24) is 4.98 Å². The van der Waals surface area contributed by atoms with Gasteiger partial charge in [-0.25, -0.2) is 13.8 Å². The summed E-state index contributed by atoms with van der Waals surface area (Å²) in [5, 5.41) is 0.329. The fourth-order valence-corrected chi connectivity index (χ4v) is 1.92. The Kier molecular flexibility index (Phi) is 5.46. The minimum atomic E-state index is -2.72. The lowest BCUT2D eigenvalue weighted by atomic mass is 10.1. The van der Waals surface area contributed by atoms with Crippen molar-refractivity contribution in [1.29, 1.82) is 0 Å². The summed E-state index contributed by atoms with van der Waals surface area (Å²) in [6, 6.07) is 1.21. The summed E-state index contributed by atoms with van der Waals surface area (Å²) in [4.78, 5) is 15.2. The molecule has 0 radical (unpaired) electrons. The van der Waals surface area contributed by atoms with Gasteiger partial charge >= 0.3 is 5.97 Å². The van der Waals surface area contributed by atoms with Crippen LogP contribution < -0.4 is 5.73 Å². The lowest BCUT2D eigenvalue weighted by Gasteiger charge is -2.11. The van der Waals surface area contributed by atoms with Crippen molar-refractivity contribution in [2.75, 3.05) is 12.3 Å². The number of rotatable bonds is 5. The highest BCUT2D eigenvalue weighted by molar-refractivity contribution is 9.08. The first-order valence-electron chi connectivity index (χ1n) is 5.27. The molecule has 0 amide bonds. The van der Waals surface area contributed by atoms with Crippen LogP contribution in [0.2, 0.25) is 0 Å². The molecule has 0 saturated carbocycles. The molecule has 1 aromatic rings. The summed E-state index contributed by atoms with van der Waals surface area (Å²) < 4.78 is 30.1. The number of pyridine rings is 1. The number of nitrogen functional groups attached to an aromatic ring is 1. The van der Waals surface area contributed by atoms with Crippen LogP contribution in [0.4, 0.5) is 14.6 Å². The Hall–Kier alpha value is -1.24. The van der Waals surface area contributed by atoms with E-state index in [9.17, 15) is 13.6 Å². The molecule has 0 unspecified atom stereocenters. The standard InChI is InChI=1S/C11H13BrF2N2O2/c1-2-18-9(17)4-6-3-7(10(13)14)11(15)16-8(6)5-12/h3,10H,2,4-5H2,1H3,(H2,15,16). The molecule has 4 nitrogen and oxygen atoms in total. The molecule has 7 heteroatoms. The van der Waals surface area contributed by atoms with Crippen molar-refractivity contribution < 1.29 is 18.3 Å². The third-order valence-electron chi connectivity index (χ3n) is 2.25. The van der Waals surface area contributed by atoms with Crippen LogP contribution in [0.15, 0.2) is 6.07 Å². The topological polar surface area (TPSA) is 65.2 Å². The van der Waals surface area contributed by atoms with E-state index in [1.165, 1.54) is 6.07 Å². The number of nitrogens with two attached hydrogens (primary N) is 1. The van der Waals surface area contributed by atoms with Gasteiger partial charge in [0.05, 0.1) is 24.3 Å². The maximum atomic E-state index is 12.7. The number of ether oxygens (including phenoxy) is 1. The van der Waals surface area contributed by atoms with E-state index in [0.717, 1.165) is 0 Å². The SMILES string of the molecule is CCOC(=O)Cc1cc(C(F)F)c(N)nc1CBr. The molecule has 1 aromatic heterocycles. The molecule has 0 atom stereocenters. The monoisotopic (exact) mass is 322 g/mol. The van der Waals surface area contributed by atoms with Crippen LogP contribution in [0, 0.1) is 0 Å². The molecule has 0 aliphatic carbocycles. The van der Waals surface area contributed by atoms with Crippen molar-refractivity contribution in [2.24, 2.45) is 0 Å². The molecule has 0 bridgehead atoms. The van der Waals surface area contributed by atoms with Crippen LogP contribution in [0.3, 0.4) is 0 Å². The van der Waals surface area contributed by atoms with E-state index >= 15 is 0 Å². The number of hydrogen-bond acceptors (Lipinski definition) is 4. The first-order chi connectivity index (χ1) is 8.49. The number of halogens is 3. The number of esters is 1. The molecule has 100 valence electrons. The number of anilines is 1. The highest BCUT2D eigenvalue weighted by atomic mass is 79.9. The Balaban J connectivity index is 3.08. The number of carbonyl (C=O) groups is 1. The quantitative estimate of drug-likeness (QED) is 0.668. The molecule has 0 saturated heterocycles. The Labute approximate surface area is 112 Å². The van der Waals surface area contributed by atoms with E-state index in [0.29, 0.717) is 16.6 Å². The molecule has 1 heterocycles. The molecular weight excluding hydrogens is 310 g/mol.